The lowest BCUT2D eigenvalue weighted by Crippen LogP contribution is -2.43. The van der Waals surface area contributed by atoms with Gasteiger partial charge in [-0.3, -0.25) is 4.79 Å². The Hall–Kier alpha value is -2.24. The molecule has 21 heavy (non-hydrogen) atoms. The van der Waals surface area contributed by atoms with Gasteiger partial charge in [0, 0.05) is 6.54 Å². The van der Waals surface area contributed by atoms with Gasteiger partial charge in [0.05, 0.1) is 6.42 Å². The zero-order chi connectivity index (χ0) is 15.8. The van der Waals surface area contributed by atoms with E-state index in [1.807, 2.05) is 24.3 Å². The normalized spacial score (nSPS) is 11.8. The highest BCUT2D eigenvalue weighted by molar-refractivity contribution is 5.75. The molecule has 3 N–H and O–H groups in total. The van der Waals surface area contributed by atoms with Gasteiger partial charge in [0.25, 0.3) is 0 Å². The van der Waals surface area contributed by atoms with E-state index in [2.05, 4.69) is 24.5 Å². The van der Waals surface area contributed by atoms with E-state index in [0.29, 0.717) is 11.7 Å². The highest BCUT2D eigenvalue weighted by Crippen LogP contribution is 2.19. The van der Waals surface area contributed by atoms with Crippen molar-refractivity contribution in [1.82, 2.24) is 10.6 Å². The van der Waals surface area contributed by atoms with Gasteiger partial charge in [-0.2, -0.15) is 0 Å². The molecule has 1 aromatic rings. The number of urea groups is 1. The van der Waals surface area contributed by atoms with Crippen molar-refractivity contribution in [3.05, 3.63) is 29.8 Å². The van der Waals surface area contributed by atoms with Gasteiger partial charge in [0.1, 0.15) is 5.75 Å². The van der Waals surface area contributed by atoms with E-state index in [1.165, 1.54) is 5.56 Å². The molecule has 0 heterocycles. The van der Waals surface area contributed by atoms with Crippen LogP contribution in [-0.4, -0.2) is 29.9 Å². The molecule has 0 saturated heterocycles. The summed E-state index contributed by atoms with van der Waals surface area (Å²) in [6.45, 7) is 6.01. The number of rotatable bonds is 7. The number of hydrogen-bond donors (Lipinski definition) is 3. The predicted octanol–water partition coefficient (Wildman–Crippen LogP) is 2.31. The average Bonchev–Trinajstić information content (AvgIpc) is 2.38. The van der Waals surface area contributed by atoms with Crippen LogP contribution in [0, 0.1) is 0 Å². The van der Waals surface area contributed by atoms with E-state index < -0.39 is 18.2 Å². The summed E-state index contributed by atoms with van der Waals surface area (Å²) in [7, 11) is 0. The zero-order valence-corrected chi connectivity index (χ0v) is 12.6. The zero-order valence-electron chi connectivity index (χ0n) is 12.6. The Kier molecular flexibility index (Phi) is 6.52. The molecule has 0 radical (unpaired) electrons. The Labute approximate surface area is 124 Å². The fourth-order valence-electron chi connectivity index (χ4n) is 1.68. The number of carboxylic acid groups (broad SMARTS) is 1. The monoisotopic (exact) mass is 294 g/mol. The van der Waals surface area contributed by atoms with Crippen molar-refractivity contribution in [1.29, 1.82) is 0 Å². The second-order valence-corrected chi connectivity index (χ2v) is 5.03. The largest absolute Gasteiger partial charge is 0.481 e. The fourth-order valence-corrected chi connectivity index (χ4v) is 1.68. The molecule has 0 aliphatic rings. The standard InChI is InChI=1S/C15H22N2O4/c1-10(2)12-4-6-13(7-5-12)21-11(3)17-15(20)16-9-8-14(18)19/h4-7,10-11H,8-9H2,1-3H3,(H,18,19)(H2,16,17,20). The molecule has 0 fully saturated rings. The second kappa shape index (κ2) is 8.14. The first-order valence-corrected chi connectivity index (χ1v) is 6.91. The molecule has 116 valence electrons. The van der Waals surface area contributed by atoms with Crippen LogP contribution in [0.25, 0.3) is 0 Å². The molecule has 0 spiro atoms. The maximum absolute atomic E-state index is 11.5. The lowest BCUT2D eigenvalue weighted by molar-refractivity contribution is -0.136. The number of benzene rings is 1. The molecule has 0 bridgehead atoms. The molecule has 1 atom stereocenters. The SMILES string of the molecule is CC(NC(=O)NCCC(=O)O)Oc1ccc(C(C)C)cc1. The Balaban J connectivity index is 2.37. The summed E-state index contributed by atoms with van der Waals surface area (Å²) in [6.07, 6.45) is -0.626. The third kappa shape index (κ3) is 6.65. The summed E-state index contributed by atoms with van der Waals surface area (Å²) in [5.41, 5.74) is 1.22. The quantitative estimate of drug-likeness (QED) is 0.673. The maximum Gasteiger partial charge on any atom is 0.317 e. The van der Waals surface area contributed by atoms with E-state index in [0.717, 1.165) is 0 Å². The summed E-state index contributed by atoms with van der Waals surface area (Å²) < 4.78 is 5.56. The Morgan fingerprint density at radius 2 is 1.81 bits per heavy atom. The molecule has 1 aromatic carbocycles. The number of amides is 2. The first-order chi connectivity index (χ1) is 9.88. The average molecular weight is 294 g/mol. The minimum Gasteiger partial charge on any atom is -0.481 e. The number of carbonyl (C=O) groups is 2. The van der Waals surface area contributed by atoms with Crippen molar-refractivity contribution in [2.24, 2.45) is 0 Å². The van der Waals surface area contributed by atoms with Crippen LogP contribution in [0.1, 0.15) is 38.7 Å². The van der Waals surface area contributed by atoms with E-state index in [1.54, 1.807) is 6.92 Å². The van der Waals surface area contributed by atoms with Crippen molar-refractivity contribution in [2.45, 2.75) is 39.3 Å². The molecule has 6 nitrogen and oxygen atoms in total. The minimum absolute atomic E-state index is 0.0803. The lowest BCUT2D eigenvalue weighted by atomic mass is 10.0. The van der Waals surface area contributed by atoms with E-state index in [-0.39, 0.29) is 13.0 Å². The summed E-state index contributed by atoms with van der Waals surface area (Å²) in [4.78, 5) is 21.8. The first-order valence-electron chi connectivity index (χ1n) is 6.91. The van der Waals surface area contributed by atoms with Crippen LogP contribution in [0.4, 0.5) is 4.79 Å². The topological polar surface area (TPSA) is 87.7 Å². The van der Waals surface area contributed by atoms with Gasteiger partial charge in [-0.05, 0) is 30.5 Å². The van der Waals surface area contributed by atoms with E-state index in [9.17, 15) is 9.59 Å². The first kappa shape index (κ1) is 16.8. The van der Waals surface area contributed by atoms with Gasteiger partial charge in [0.2, 0.25) is 0 Å². The summed E-state index contributed by atoms with van der Waals surface area (Å²) in [5.74, 6) is 0.164. The molecule has 1 unspecified atom stereocenters. The lowest BCUT2D eigenvalue weighted by Gasteiger charge is -2.17. The number of carboxylic acids is 1. The third-order valence-corrected chi connectivity index (χ3v) is 2.82. The van der Waals surface area contributed by atoms with Crippen LogP contribution in [0.2, 0.25) is 0 Å². The van der Waals surface area contributed by atoms with Gasteiger partial charge in [0.15, 0.2) is 6.23 Å². The number of carbonyl (C=O) groups excluding carboxylic acids is 1. The summed E-state index contributed by atoms with van der Waals surface area (Å²) in [5, 5.41) is 13.5. The number of nitrogens with one attached hydrogen (secondary N) is 2. The van der Waals surface area contributed by atoms with Crippen LogP contribution < -0.4 is 15.4 Å². The van der Waals surface area contributed by atoms with E-state index in [4.69, 9.17) is 9.84 Å². The van der Waals surface area contributed by atoms with Crippen molar-refractivity contribution >= 4 is 12.0 Å². The number of aliphatic carboxylic acids is 1. The summed E-state index contributed by atoms with van der Waals surface area (Å²) >= 11 is 0. The van der Waals surface area contributed by atoms with Crippen molar-refractivity contribution in [2.75, 3.05) is 6.54 Å². The molecule has 1 rings (SSSR count). The molecule has 2 amide bonds. The van der Waals surface area contributed by atoms with Crippen molar-refractivity contribution in [3.8, 4) is 5.75 Å². The molecule has 0 aliphatic carbocycles. The summed E-state index contributed by atoms with van der Waals surface area (Å²) in [6, 6.07) is 7.23. The van der Waals surface area contributed by atoms with Crippen LogP contribution in [0.5, 0.6) is 5.75 Å². The third-order valence-electron chi connectivity index (χ3n) is 2.82. The molecule has 6 heteroatoms. The highest BCUT2D eigenvalue weighted by Gasteiger charge is 2.09. The Morgan fingerprint density at radius 3 is 2.33 bits per heavy atom. The highest BCUT2D eigenvalue weighted by atomic mass is 16.5. The van der Waals surface area contributed by atoms with Gasteiger partial charge in [-0.25, -0.2) is 4.79 Å². The minimum atomic E-state index is -0.954. The van der Waals surface area contributed by atoms with Crippen LogP contribution in [0.3, 0.4) is 0 Å². The molecule has 0 saturated carbocycles. The van der Waals surface area contributed by atoms with Crippen molar-refractivity contribution < 1.29 is 19.4 Å². The van der Waals surface area contributed by atoms with Gasteiger partial charge >= 0.3 is 12.0 Å². The van der Waals surface area contributed by atoms with Crippen LogP contribution >= 0.6 is 0 Å². The van der Waals surface area contributed by atoms with Gasteiger partial charge < -0.3 is 20.5 Å². The van der Waals surface area contributed by atoms with Crippen molar-refractivity contribution in [3.63, 3.8) is 0 Å². The van der Waals surface area contributed by atoms with E-state index >= 15 is 0 Å². The fraction of sp³-hybridized carbons (Fsp3) is 0.467. The molecule has 0 aromatic heterocycles. The smallest absolute Gasteiger partial charge is 0.317 e. The number of hydrogen-bond acceptors (Lipinski definition) is 3. The van der Waals surface area contributed by atoms with Gasteiger partial charge in [-0.1, -0.05) is 26.0 Å². The van der Waals surface area contributed by atoms with Crippen LogP contribution in [0.15, 0.2) is 24.3 Å². The molecule has 0 aliphatic heterocycles. The number of ether oxygens (including phenoxy) is 1. The van der Waals surface area contributed by atoms with Crippen LogP contribution in [-0.2, 0) is 4.79 Å². The Bertz CT molecular complexity index is 471. The van der Waals surface area contributed by atoms with Gasteiger partial charge in [-0.15, -0.1) is 0 Å². The molecular formula is C15H22N2O4. The maximum atomic E-state index is 11.5. The molecular weight excluding hydrogens is 272 g/mol. The predicted molar refractivity (Wildman–Crippen MR) is 79.4 cm³/mol. The second-order valence-electron chi connectivity index (χ2n) is 5.03. The Morgan fingerprint density at radius 1 is 1.19 bits per heavy atom.